The smallest absolute Gasteiger partial charge is 0.315 e. The Bertz CT molecular complexity index is 463. The first kappa shape index (κ1) is 13.9. The van der Waals surface area contributed by atoms with Gasteiger partial charge in [-0.2, -0.15) is 0 Å². The number of carbonyl (C=O) groups excluding carboxylic acids is 1. The fourth-order valence-electron chi connectivity index (χ4n) is 2.41. The summed E-state index contributed by atoms with van der Waals surface area (Å²) in [5.74, 6) is 1.66. The van der Waals surface area contributed by atoms with Crippen LogP contribution in [0.2, 0.25) is 0 Å². The van der Waals surface area contributed by atoms with Gasteiger partial charge in [-0.25, -0.2) is 4.79 Å². The van der Waals surface area contributed by atoms with Crippen LogP contribution in [0.1, 0.15) is 49.3 Å². The number of nitrogens with one attached hydrogen (secondary N) is 2. The molecule has 1 heterocycles. The molecule has 0 radical (unpaired) electrons. The molecule has 1 saturated carbocycles. The molecule has 19 heavy (non-hydrogen) atoms. The van der Waals surface area contributed by atoms with Crippen molar-refractivity contribution in [2.75, 3.05) is 6.54 Å². The Morgan fingerprint density at radius 1 is 1.53 bits per heavy atom. The Labute approximate surface area is 113 Å². The Morgan fingerprint density at radius 3 is 2.68 bits per heavy atom. The minimum absolute atomic E-state index is 0.117. The molecule has 1 fully saturated rings. The molecule has 5 nitrogen and oxygen atoms in total. The lowest BCUT2D eigenvalue weighted by atomic mass is 9.80. The van der Waals surface area contributed by atoms with Gasteiger partial charge >= 0.3 is 6.03 Å². The maximum Gasteiger partial charge on any atom is 0.315 e. The van der Waals surface area contributed by atoms with Gasteiger partial charge in [0.05, 0.1) is 11.6 Å². The van der Waals surface area contributed by atoms with Crippen LogP contribution in [-0.4, -0.2) is 23.3 Å². The zero-order valence-electron chi connectivity index (χ0n) is 11.7. The van der Waals surface area contributed by atoms with Gasteiger partial charge in [0, 0.05) is 12.1 Å². The van der Waals surface area contributed by atoms with Gasteiger partial charge in [-0.15, -0.1) is 0 Å². The fourth-order valence-corrected chi connectivity index (χ4v) is 2.41. The van der Waals surface area contributed by atoms with Gasteiger partial charge in [0.15, 0.2) is 0 Å². The maximum absolute atomic E-state index is 11.8. The fraction of sp³-hybridized carbons (Fsp3) is 0.643. The molecule has 3 N–H and O–H groups in total. The summed E-state index contributed by atoms with van der Waals surface area (Å²) < 4.78 is 5.45. The van der Waals surface area contributed by atoms with E-state index in [0.29, 0.717) is 6.54 Å². The summed E-state index contributed by atoms with van der Waals surface area (Å²) in [5.41, 5.74) is 0.290. The number of aryl methyl sites for hydroxylation is 2. The summed E-state index contributed by atoms with van der Waals surface area (Å²) in [6, 6.07) is 1.55. The van der Waals surface area contributed by atoms with Gasteiger partial charge in [-0.05, 0) is 46.1 Å². The molecule has 1 aliphatic carbocycles. The van der Waals surface area contributed by atoms with E-state index in [1.54, 1.807) is 0 Å². The molecule has 1 aromatic rings. The average molecular weight is 266 g/mol. The molecule has 0 aliphatic heterocycles. The number of urea groups is 1. The summed E-state index contributed by atoms with van der Waals surface area (Å²) in [5, 5.41) is 15.5. The highest BCUT2D eigenvalue weighted by Gasteiger charge is 2.34. The first-order chi connectivity index (χ1) is 8.89. The maximum atomic E-state index is 11.8. The second kappa shape index (κ2) is 5.25. The van der Waals surface area contributed by atoms with E-state index in [4.69, 9.17) is 4.42 Å². The minimum Gasteiger partial charge on any atom is -0.466 e. The third-order valence-electron chi connectivity index (χ3n) is 3.76. The van der Waals surface area contributed by atoms with Gasteiger partial charge < -0.3 is 20.2 Å². The second-order valence-electron chi connectivity index (χ2n) is 5.50. The number of hydrogen-bond donors (Lipinski definition) is 3. The van der Waals surface area contributed by atoms with Crippen molar-refractivity contribution < 1.29 is 14.3 Å². The highest BCUT2D eigenvalue weighted by molar-refractivity contribution is 5.74. The van der Waals surface area contributed by atoms with Crippen LogP contribution < -0.4 is 10.6 Å². The monoisotopic (exact) mass is 266 g/mol. The zero-order chi connectivity index (χ0) is 14.0. The summed E-state index contributed by atoms with van der Waals surface area (Å²) in [4.78, 5) is 11.8. The van der Waals surface area contributed by atoms with Crippen molar-refractivity contribution in [3.8, 4) is 0 Å². The van der Waals surface area contributed by atoms with Crippen molar-refractivity contribution in [2.45, 2.75) is 51.7 Å². The molecule has 0 spiro atoms. The molecule has 2 amide bonds. The number of hydrogen-bond acceptors (Lipinski definition) is 3. The predicted octanol–water partition coefficient (Wildman–Crippen LogP) is 2.17. The SMILES string of the molecule is Cc1cc(C(C)NC(=O)NCC2(O)CCC2)c(C)o1. The van der Waals surface area contributed by atoms with Crippen LogP contribution in [0.15, 0.2) is 10.5 Å². The van der Waals surface area contributed by atoms with Gasteiger partial charge in [-0.3, -0.25) is 0 Å². The van der Waals surface area contributed by atoms with E-state index < -0.39 is 5.60 Å². The number of carbonyl (C=O) groups is 1. The standard InChI is InChI=1S/C14H22N2O3/c1-9-7-12(11(3)19-9)10(2)16-13(17)15-8-14(18)5-4-6-14/h7,10,18H,4-6,8H2,1-3H3,(H2,15,16,17). The molecule has 0 aromatic carbocycles. The number of rotatable bonds is 4. The third kappa shape index (κ3) is 3.29. The molecule has 1 aromatic heterocycles. The van der Waals surface area contributed by atoms with Crippen LogP contribution in [0.25, 0.3) is 0 Å². The van der Waals surface area contributed by atoms with Crippen LogP contribution in [0.4, 0.5) is 4.79 Å². The van der Waals surface area contributed by atoms with Crippen molar-refractivity contribution in [1.29, 1.82) is 0 Å². The molecule has 106 valence electrons. The summed E-state index contributed by atoms with van der Waals surface area (Å²) in [6.07, 6.45) is 2.56. The molecule has 5 heteroatoms. The Hall–Kier alpha value is -1.49. The van der Waals surface area contributed by atoms with Gasteiger partial charge in [0.25, 0.3) is 0 Å². The van der Waals surface area contributed by atoms with Crippen LogP contribution in [0, 0.1) is 13.8 Å². The summed E-state index contributed by atoms with van der Waals surface area (Å²) >= 11 is 0. The predicted molar refractivity (Wildman–Crippen MR) is 71.9 cm³/mol. The van der Waals surface area contributed by atoms with Gasteiger partial charge in [0.2, 0.25) is 0 Å². The van der Waals surface area contributed by atoms with Crippen LogP contribution >= 0.6 is 0 Å². The average Bonchev–Trinajstić information content (AvgIpc) is 2.63. The van der Waals surface area contributed by atoms with Crippen molar-refractivity contribution in [3.05, 3.63) is 23.2 Å². The molecule has 0 bridgehead atoms. The quantitative estimate of drug-likeness (QED) is 0.782. The van der Waals surface area contributed by atoms with Crippen molar-refractivity contribution in [2.24, 2.45) is 0 Å². The first-order valence-corrected chi connectivity index (χ1v) is 6.73. The van der Waals surface area contributed by atoms with E-state index in [1.807, 2.05) is 26.8 Å². The van der Waals surface area contributed by atoms with E-state index in [0.717, 1.165) is 36.3 Å². The number of furan rings is 1. The van der Waals surface area contributed by atoms with E-state index in [9.17, 15) is 9.90 Å². The van der Waals surface area contributed by atoms with Crippen molar-refractivity contribution in [1.82, 2.24) is 10.6 Å². The second-order valence-corrected chi connectivity index (χ2v) is 5.50. The topological polar surface area (TPSA) is 74.5 Å². The van der Waals surface area contributed by atoms with E-state index in [1.165, 1.54) is 0 Å². The zero-order valence-corrected chi connectivity index (χ0v) is 11.7. The van der Waals surface area contributed by atoms with Crippen LogP contribution in [-0.2, 0) is 0 Å². The van der Waals surface area contributed by atoms with E-state index in [2.05, 4.69) is 10.6 Å². The Balaban J connectivity index is 1.83. The van der Waals surface area contributed by atoms with Crippen molar-refractivity contribution >= 4 is 6.03 Å². The lowest BCUT2D eigenvalue weighted by molar-refractivity contribution is -0.0290. The van der Waals surface area contributed by atoms with Gasteiger partial charge in [-0.1, -0.05) is 0 Å². The molecule has 2 rings (SSSR count). The summed E-state index contributed by atoms with van der Waals surface area (Å²) in [7, 11) is 0. The number of aliphatic hydroxyl groups is 1. The largest absolute Gasteiger partial charge is 0.466 e. The van der Waals surface area contributed by atoms with Crippen LogP contribution in [0.3, 0.4) is 0 Å². The third-order valence-corrected chi connectivity index (χ3v) is 3.76. The molecule has 1 atom stereocenters. The van der Waals surface area contributed by atoms with Crippen molar-refractivity contribution in [3.63, 3.8) is 0 Å². The molecule has 1 aliphatic rings. The van der Waals surface area contributed by atoms with E-state index >= 15 is 0 Å². The lowest BCUT2D eigenvalue weighted by Crippen LogP contribution is -2.50. The Morgan fingerprint density at radius 2 is 2.21 bits per heavy atom. The van der Waals surface area contributed by atoms with Crippen LogP contribution in [0.5, 0.6) is 0 Å². The normalized spacial score (nSPS) is 18.5. The lowest BCUT2D eigenvalue weighted by Gasteiger charge is -2.36. The molecular formula is C14H22N2O3. The number of amides is 2. The molecule has 1 unspecified atom stereocenters. The first-order valence-electron chi connectivity index (χ1n) is 6.73. The summed E-state index contributed by atoms with van der Waals surface area (Å²) in [6.45, 7) is 5.99. The Kier molecular flexibility index (Phi) is 3.85. The van der Waals surface area contributed by atoms with Gasteiger partial charge in [0.1, 0.15) is 11.5 Å². The molecule has 0 saturated heterocycles. The van der Waals surface area contributed by atoms with E-state index in [-0.39, 0.29) is 12.1 Å². The molecular weight excluding hydrogens is 244 g/mol. The highest BCUT2D eigenvalue weighted by Crippen LogP contribution is 2.30. The highest BCUT2D eigenvalue weighted by atomic mass is 16.3. The minimum atomic E-state index is -0.692.